The molecule has 158 valence electrons. The molecule has 1 N–H and O–H groups in total. The number of anilines is 1. The maximum atomic E-state index is 13.1. The lowest BCUT2D eigenvalue weighted by Crippen LogP contribution is -2.54. The van der Waals surface area contributed by atoms with E-state index in [0.717, 1.165) is 5.56 Å². The summed E-state index contributed by atoms with van der Waals surface area (Å²) >= 11 is 0. The fourth-order valence-corrected chi connectivity index (χ4v) is 3.70. The van der Waals surface area contributed by atoms with Crippen LogP contribution in [0.2, 0.25) is 0 Å². The molecule has 6 nitrogen and oxygen atoms in total. The van der Waals surface area contributed by atoms with Gasteiger partial charge in [-0.1, -0.05) is 42.5 Å². The van der Waals surface area contributed by atoms with Crippen molar-refractivity contribution in [2.45, 2.75) is 26.2 Å². The van der Waals surface area contributed by atoms with Crippen LogP contribution in [0.25, 0.3) is 0 Å². The first kappa shape index (κ1) is 21.7. The third-order valence-corrected chi connectivity index (χ3v) is 5.61. The molecule has 3 rings (SSSR count). The standard InChI is InChI=1S/C24H29N3O3/c1-18(28)19-8-7-11-21(16-19)25-22(29)17-26-12-14-27(15-13-26)23(30)24(2,3)20-9-5-4-6-10-20/h4-11,16H,12-15,17H2,1-3H3,(H,25,29). The van der Waals surface area contributed by atoms with Crippen LogP contribution in [-0.4, -0.2) is 60.1 Å². The SMILES string of the molecule is CC(=O)c1cccc(NC(=O)CN2CCN(C(=O)C(C)(C)c3ccccc3)CC2)c1. The van der Waals surface area contributed by atoms with Gasteiger partial charge in [0.25, 0.3) is 0 Å². The predicted molar refractivity (Wildman–Crippen MR) is 118 cm³/mol. The van der Waals surface area contributed by atoms with Crippen LogP contribution in [0.5, 0.6) is 0 Å². The summed E-state index contributed by atoms with van der Waals surface area (Å²) in [5.41, 5.74) is 1.61. The number of hydrogen-bond donors (Lipinski definition) is 1. The number of carbonyl (C=O) groups excluding carboxylic acids is 3. The van der Waals surface area contributed by atoms with E-state index in [0.29, 0.717) is 37.4 Å². The van der Waals surface area contributed by atoms with Crippen LogP contribution >= 0.6 is 0 Å². The largest absolute Gasteiger partial charge is 0.339 e. The first-order valence-electron chi connectivity index (χ1n) is 10.3. The van der Waals surface area contributed by atoms with Crippen molar-refractivity contribution in [3.8, 4) is 0 Å². The number of nitrogens with one attached hydrogen (secondary N) is 1. The normalized spacial score (nSPS) is 15.0. The lowest BCUT2D eigenvalue weighted by Gasteiger charge is -2.38. The molecule has 1 heterocycles. The van der Waals surface area contributed by atoms with E-state index in [9.17, 15) is 14.4 Å². The maximum absolute atomic E-state index is 13.1. The van der Waals surface area contributed by atoms with Crippen LogP contribution in [0.15, 0.2) is 54.6 Å². The highest BCUT2D eigenvalue weighted by Gasteiger charge is 2.35. The third kappa shape index (κ3) is 5.13. The van der Waals surface area contributed by atoms with E-state index in [1.54, 1.807) is 24.3 Å². The lowest BCUT2D eigenvalue weighted by atomic mass is 9.83. The Morgan fingerprint density at radius 1 is 0.933 bits per heavy atom. The van der Waals surface area contributed by atoms with Gasteiger partial charge < -0.3 is 10.2 Å². The van der Waals surface area contributed by atoms with Gasteiger partial charge in [0.2, 0.25) is 11.8 Å². The molecule has 1 aliphatic rings. The molecule has 0 saturated carbocycles. The van der Waals surface area contributed by atoms with E-state index < -0.39 is 5.41 Å². The number of piperazine rings is 1. The topological polar surface area (TPSA) is 69.7 Å². The Hall–Kier alpha value is -2.99. The molecule has 0 aromatic heterocycles. The van der Waals surface area contributed by atoms with Gasteiger partial charge in [-0.05, 0) is 38.5 Å². The minimum atomic E-state index is -0.581. The number of nitrogens with zero attached hydrogens (tertiary/aromatic N) is 2. The van der Waals surface area contributed by atoms with E-state index in [2.05, 4.69) is 5.32 Å². The predicted octanol–water partition coefficient (Wildman–Crippen LogP) is 2.95. The third-order valence-electron chi connectivity index (χ3n) is 5.61. The van der Waals surface area contributed by atoms with E-state index in [-0.39, 0.29) is 24.1 Å². The number of carbonyl (C=O) groups is 3. The second kappa shape index (κ2) is 9.22. The summed E-state index contributed by atoms with van der Waals surface area (Å²) in [7, 11) is 0. The molecule has 0 bridgehead atoms. The van der Waals surface area contributed by atoms with Gasteiger partial charge >= 0.3 is 0 Å². The molecule has 2 aromatic carbocycles. The fourth-order valence-electron chi connectivity index (χ4n) is 3.70. The summed E-state index contributed by atoms with van der Waals surface area (Å²) in [6.45, 7) is 8.17. The van der Waals surface area contributed by atoms with E-state index in [1.807, 2.05) is 54.0 Å². The van der Waals surface area contributed by atoms with Crippen molar-refractivity contribution in [1.82, 2.24) is 9.80 Å². The maximum Gasteiger partial charge on any atom is 0.238 e. The van der Waals surface area contributed by atoms with Crippen molar-refractivity contribution in [1.29, 1.82) is 0 Å². The monoisotopic (exact) mass is 407 g/mol. The molecule has 1 fully saturated rings. The summed E-state index contributed by atoms with van der Waals surface area (Å²) in [6.07, 6.45) is 0. The number of ketones is 1. The summed E-state index contributed by atoms with van der Waals surface area (Å²) in [5.74, 6) is -0.0516. The number of amides is 2. The zero-order chi connectivity index (χ0) is 21.7. The summed E-state index contributed by atoms with van der Waals surface area (Å²) in [4.78, 5) is 40.9. The van der Waals surface area contributed by atoms with Crippen molar-refractivity contribution in [2.24, 2.45) is 0 Å². The number of rotatable bonds is 6. The molecule has 0 spiro atoms. The van der Waals surface area contributed by atoms with Crippen LogP contribution in [-0.2, 0) is 15.0 Å². The van der Waals surface area contributed by atoms with Crippen LogP contribution in [0, 0.1) is 0 Å². The fraction of sp³-hybridized carbons (Fsp3) is 0.375. The Morgan fingerprint density at radius 3 is 2.23 bits per heavy atom. The van der Waals surface area contributed by atoms with Gasteiger partial charge in [-0.25, -0.2) is 0 Å². The molecule has 0 radical (unpaired) electrons. The summed E-state index contributed by atoms with van der Waals surface area (Å²) in [5, 5.41) is 2.85. The quantitative estimate of drug-likeness (QED) is 0.748. The van der Waals surface area contributed by atoms with Gasteiger partial charge in [-0.3, -0.25) is 19.3 Å². The molecule has 2 amide bonds. The summed E-state index contributed by atoms with van der Waals surface area (Å²) < 4.78 is 0. The molecule has 1 aliphatic heterocycles. The highest BCUT2D eigenvalue weighted by molar-refractivity contribution is 5.97. The Morgan fingerprint density at radius 2 is 1.60 bits per heavy atom. The number of hydrogen-bond acceptors (Lipinski definition) is 4. The van der Waals surface area contributed by atoms with E-state index in [4.69, 9.17) is 0 Å². The van der Waals surface area contributed by atoms with Crippen molar-refractivity contribution < 1.29 is 14.4 Å². The lowest BCUT2D eigenvalue weighted by molar-refractivity contribution is -0.138. The van der Waals surface area contributed by atoms with E-state index in [1.165, 1.54) is 6.92 Å². The van der Waals surface area contributed by atoms with Crippen LogP contribution in [0.3, 0.4) is 0 Å². The molecule has 30 heavy (non-hydrogen) atoms. The minimum Gasteiger partial charge on any atom is -0.339 e. The molecule has 0 aliphatic carbocycles. The van der Waals surface area contributed by atoms with Gasteiger partial charge in [0.15, 0.2) is 5.78 Å². The highest BCUT2D eigenvalue weighted by Crippen LogP contribution is 2.26. The van der Waals surface area contributed by atoms with Gasteiger partial charge in [-0.2, -0.15) is 0 Å². The number of Topliss-reactive ketones (excluding diaryl/α,β-unsaturated/α-hetero) is 1. The molecule has 6 heteroatoms. The average molecular weight is 408 g/mol. The zero-order valence-electron chi connectivity index (χ0n) is 17.9. The van der Waals surface area contributed by atoms with Gasteiger partial charge in [0.1, 0.15) is 0 Å². The molecule has 2 aromatic rings. The van der Waals surface area contributed by atoms with Gasteiger partial charge in [0.05, 0.1) is 12.0 Å². The smallest absolute Gasteiger partial charge is 0.238 e. The van der Waals surface area contributed by atoms with Gasteiger partial charge in [-0.15, -0.1) is 0 Å². The minimum absolute atomic E-state index is 0.0367. The summed E-state index contributed by atoms with van der Waals surface area (Å²) in [6, 6.07) is 16.8. The second-order valence-electron chi connectivity index (χ2n) is 8.24. The van der Waals surface area contributed by atoms with Crippen molar-refractivity contribution in [3.63, 3.8) is 0 Å². The average Bonchev–Trinajstić information content (AvgIpc) is 2.74. The Labute approximate surface area is 177 Å². The van der Waals surface area contributed by atoms with Crippen LogP contribution in [0.1, 0.15) is 36.7 Å². The van der Waals surface area contributed by atoms with Crippen molar-refractivity contribution >= 4 is 23.3 Å². The first-order valence-corrected chi connectivity index (χ1v) is 10.3. The Kier molecular flexibility index (Phi) is 6.67. The van der Waals surface area contributed by atoms with E-state index >= 15 is 0 Å². The van der Waals surface area contributed by atoms with Crippen LogP contribution in [0.4, 0.5) is 5.69 Å². The molecular formula is C24H29N3O3. The zero-order valence-corrected chi connectivity index (χ0v) is 17.9. The first-order chi connectivity index (χ1) is 14.3. The molecular weight excluding hydrogens is 378 g/mol. The molecule has 0 unspecified atom stereocenters. The number of benzene rings is 2. The van der Waals surface area contributed by atoms with Crippen molar-refractivity contribution in [3.05, 3.63) is 65.7 Å². The van der Waals surface area contributed by atoms with Gasteiger partial charge in [0, 0.05) is 37.4 Å². The molecule has 0 atom stereocenters. The Balaban J connectivity index is 1.52. The molecule has 1 saturated heterocycles. The second-order valence-corrected chi connectivity index (χ2v) is 8.24. The van der Waals surface area contributed by atoms with Crippen LogP contribution < -0.4 is 5.32 Å². The highest BCUT2D eigenvalue weighted by atomic mass is 16.2. The Bertz CT molecular complexity index is 916. The van der Waals surface area contributed by atoms with Crippen molar-refractivity contribution in [2.75, 3.05) is 38.0 Å².